The van der Waals surface area contributed by atoms with Crippen molar-refractivity contribution in [2.75, 3.05) is 13.6 Å². The fraction of sp³-hybridized carbons (Fsp3) is 0.368. The van der Waals surface area contributed by atoms with E-state index in [-0.39, 0.29) is 6.09 Å². The number of rotatable bonds is 5. The second-order valence-corrected chi connectivity index (χ2v) is 6.02. The molecule has 118 valence electrons. The van der Waals surface area contributed by atoms with Gasteiger partial charge in [-0.15, -0.1) is 5.73 Å². The normalized spacial score (nSPS) is 10.9. The standard InChI is InChI=1S/C19H25NO2/c1-19(2,3)22-18(21)20(4)16-12-7-5-6-9-13-17-14-10-8-11-15-17/h5,7-12,14-15H,13,16H2,1-4H3/b12-7+. The summed E-state index contributed by atoms with van der Waals surface area (Å²) in [5.74, 6) is 0. The average Bonchev–Trinajstić information content (AvgIpc) is 2.45. The summed E-state index contributed by atoms with van der Waals surface area (Å²) in [5.41, 5.74) is 3.90. The van der Waals surface area contributed by atoms with Crippen molar-refractivity contribution >= 4 is 6.09 Å². The topological polar surface area (TPSA) is 29.5 Å². The van der Waals surface area contributed by atoms with Crippen molar-refractivity contribution < 1.29 is 9.53 Å². The van der Waals surface area contributed by atoms with Crippen molar-refractivity contribution in [3.63, 3.8) is 0 Å². The number of carbonyl (C=O) groups is 1. The third kappa shape index (κ3) is 8.13. The summed E-state index contributed by atoms with van der Waals surface area (Å²) in [6, 6.07) is 10.2. The number of amides is 1. The lowest BCUT2D eigenvalue weighted by Crippen LogP contribution is -2.34. The monoisotopic (exact) mass is 299 g/mol. The van der Waals surface area contributed by atoms with Gasteiger partial charge >= 0.3 is 6.09 Å². The highest BCUT2D eigenvalue weighted by atomic mass is 16.6. The van der Waals surface area contributed by atoms with Crippen LogP contribution in [0.5, 0.6) is 0 Å². The molecule has 0 aliphatic rings. The van der Waals surface area contributed by atoms with Crippen LogP contribution in [-0.4, -0.2) is 30.2 Å². The van der Waals surface area contributed by atoms with E-state index < -0.39 is 5.60 Å². The smallest absolute Gasteiger partial charge is 0.410 e. The Morgan fingerprint density at radius 1 is 1.27 bits per heavy atom. The predicted octanol–water partition coefficient (Wildman–Crippen LogP) is 4.36. The van der Waals surface area contributed by atoms with Crippen LogP contribution in [0.1, 0.15) is 26.3 Å². The molecule has 0 saturated carbocycles. The molecule has 0 fully saturated rings. The van der Waals surface area contributed by atoms with Gasteiger partial charge in [0.2, 0.25) is 0 Å². The Balaban J connectivity index is 2.33. The first kappa shape index (κ1) is 17.8. The summed E-state index contributed by atoms with van der Waals surface area (Å²) in [4.78, 5) is 13.3. The van der Waals surface area contributed by atoms with E-state index in [2.05, 4.69) is 17.9 Å². The van der Waals surface area contributed by atoms with E-state index in [0.717, 1.165) is 6.42 Å². The van der Waals surface area contributed by atoms with Gasteiger partial charge in [0.05, 0.1) is 0 Å². The molecule has 0 bridgehead atoms. The van der Waals surface area contributed by atoms with Crippen LogP contribution in [-0.2, 0) is 11.2 Å². The number of nitrogens with zero attached hydrogens (tertiary/aromatic N) is 1. The number of hydrogen-bond acceptors (Lipinski definition) is 2. The van der Waals surface area contributed by atoms with Gasteiger partial charge in [-0.1, -0.05) is 42.5 Å². The molecule has 3 heteroatoms. The molecule has 0 heterocycles. The van der Waals surface area contributed by atoms with Crippen molar-refractivity contribution in [3.8, 4) is 0 Å². The minimum atomic E-state index is -0.463. The van der Waals surface area contributed by atoms with E-state index >= 15 is 0 Å². The molecule has 0 unspecified atom stereocenters. The highest BCUT2D eigenvalue weighted by molar-refractivity contribution is 5.67. The first-order valence-corrected chi connectivity index (χ1v) is 7.42. The van der Waals surface area contributed by atoms with Gasteiger partial charge in [0, 0.05) is 13.6 Å². The highest BCUT2D eigenvalue weighted by Crippen LogP contribution is 2.08. The molecule has 3 nitrogen and oxygen atoms in total. The molecule has 0 atom stereocenters. The van der Waals surface area contributed by atoms with Gasteiger partial charge in [-0.05, 0) is 44.9 Å². The summed E-state index contributed by atoms with van der Waals surface area (Å²) in [6.07, 6.45) is 8.14. The van der Waals surface area contributed by atoms with E-state index in [0.29, 0.717) is 6.54 Å². The zero-order valence-corrected chi connectivity index (χ0v) is 13.9. The molecular weight excluding hydrogens is 274 g/mol. The molecule has 0 N–H and O–H groups in total. The lowest BCUT2D eigenvalue weighted by molar-refractivity contribution is 0.0318. The van der Waals surface area contributed by atoms with Crippen LogP contribution in [0, 0.1) is 0 Å². The molecule has 1 aromatic carbocycles. The molecule has 0 aliphatic heterocycles. The van der Waals surface area contributed by atoms with Crippen molar-refractivity contribution in [2.45, 2.75) is 32.8 Å². The van der Waals surface area contributed by atoms with Crippen molar-refractivity contribution in [3.05, 3.63) is 65.9 Å². The van der Waals surface area contributed by atoms with Gasteiger partial charge in [-0.2, -0.15) is 0 Å². The second-order valence-electron chi connectivity index (χ2n) is 6.02. The molecule has 22 heavy (non-hydrogen) atoms. The quantitative estimate of drug-likeness (QED) is 0.597. The van der Waals surface area contributed by atoms with Gasteiger partial charge in [0.15, 0.2) is 0 Å². The molecule has 0 aromatic heterocycles. The Morgan fingerprint density at radius 2 is 1.95 bits per heavy atom. The SMILES string of the molecule is CN(C/C=C/C=C=CCc1ccccc1)C(=O)OC(C)(C)C. The predicted molar refractivity (Wildman–Crippen MR) is 90.8 cm³/mol. The molecule has 1 rings (SSSR count). The summed E-state index contributed by atoms with van der Waals surface area (Å²) >= 11 is 0. The molecule has 0 saturated heterocycles. The molecule has 0 spiro atoms. The summed E-state index contributed by atoms with van der Waals surface area (Å²) in [5, 5.41) is 0. The average molecular weight is 299 g/mol. The number of likely N-dealkylation sites (N-methyl/N-ethyl adjacent to an activating group) is 1. The van der Waals surface area contributed by atoms with E-state index in [4.69, 9.17) is 4.74 Å². The van der Waals surface area contributed by atoms with E-state index in [1.807, 2.05) is 63.3 Å². The van der Waals surface area contributed by atoms with Gasteiger partial charge in [-0.25, -0.2) is 4.79 Å². The third-order valence-electron chi connectivity index (χ3n) is 2.71. The lowest BCUT2D eigenvalue weighted by atomic mass is 10.1. The summed E-state index contributed by atoms with van der Waals surface area (Å²) in [6.45, 7) is 6.07. The first-order valence-electron chi connectivity index (χ1n) is 7.42. The van der Waals surface area contributed by atoms with Crippen LogP contribution in [0.25, 0.3) is 0 Å². The van der Waals surface area contributed by atoms with Crippen LogP contribution in [0.3, 0.4) is 0 Å². The second kappa shape index (κ2) is 8.91. The Bertz CT molecular complexity index is 547. The van der Waals surface area contributed by atoms with Gasteiger partial charge in [0.25, 0.3) is 0 Å². The Labute approximate surface area is 133 Å². The number of ether oxygens (including phenoxy) is 1. The molecule has 1 amide bonds. The Kier molecular flexibility index (Phi) is 7.21. The van der Waals surface area contributed by atoms with Crippen molar-refractivity contribution in [1.29, 1.82) is 0 Å². The Hall–Kier alpha value is -2.25. The minimum Gasteiger partial charge on any atom is -0.444 e. The highest BCUT2D eigenvalue weighted by Gasteiger charge is 2.18. The van der Waals surface area contributed by atoms with Crippen LogP contribution >= 0.6 is 0 Å². The Morgan fingerprint density at radius 3 is 2.59 bits per heavy atom. The fourth-order valence-corrected chi connectivity index (χ4v) is 1.62. The van der Waals surface area contributed by atoms with Crippen LogP contribution in [0.4, 0.5) is 4.79 Å². The number of hydrogen-bond donors (Lipinski definition) is 0. The van der Waals surface area contributed by atoms with Crippen LogP contribution < -0.4 is 0 Å². The lowest BCUT2D eigenvalue weighted by Gasteiger charge is -2.23. The van der Waals surface area contributed by atoms with Crippen LogP contribution in [0.15, 0.2) is 60.4 Å². The molecule has 0 radical (unpaired) electrons. The maximum atomic E-state index is 11.7. The molecular formula is C19H25NO2. The number of benzene rings is 1. The minimum absolute atomic E-state index is 0.319. The zero-order valence-electron chi connectivity index (χ0n) is 13.9. The summed E-state index contributed by atoms with van der Waals surface area (Å²) < 4.78 is 5.27. The molecule has 1 aromatic rings. The number of carbonyl (C=O) groups excluding carboxylic acids is 1. The third-order valence-corrected chi connectivity index (χ3v) is 2.71. The number of allylic oxidation sites excluding steroid dienone is 2. The van der Waals surface area contributed by atoms with E-state index in [1.165, 1.54) is 10.5 Å². The van der Waals surface area contributed by atoms with E-state index in [9.17, 15) is 4.79 Å². The van der Waals surface area contributed by atoms with E-state index in [1.54, 1.807) is 7.05 Å². The largest absolute Gasteiger partial charge is 0.444 e. The molecule has 0 aliphatic carbocycles. The van der Waals surface area contributed by atoms with Crippen LogP contribution in [0.2, 0.25) is 0 Å². The van der Waals surface area contributed by atoms with Gasteiger partial charge in [-0.3, -0.25) is 0 Å². The van der Waals surface area contributed by atoms with Crippen molar-refractivity contribution in [1.82, 2.24) is 4.90 Å². The zero-order chi connectivity index (χ0) is 16.4. The van der Waals surface area contributed by atoms with Gasteiger partial charge in [0.1, 0.15) is 5.60 Å². The van der Waals surface area contributed by atoms with Gasteiger partial charge < -0.3 is 9.64 Å². The fourth-order valence-electron chi connectivity index (χ4n) is 1.62. The maximum absolute atomic E-state index is 11.7. The maximum Gasteiger partial charge on any atom is 0.410 e. The van der Waals surface area contributed by atoms with Crippen molar-refractivity contribution in [2.24, 2.45) is 0 Å². The first-order chi connectivity index (χ1) is 10.4. The summed E-state index contributed by atoms with van der Waals surface area (Å²) in [7, 11) is 1.72.